The monoisotopic (exact) mass is 558 g/mol. The molecule has 4 aromatic carbocycles. The van der Waals surface area contributed by atoms with Gasteiger partial charge in [-0.05, 0) is 78.7 Å². The molecular formula is C39H34N4. The molecule has 0 aliphatic carbocycles. The third-order valence-corrected chi connectivity index (χ3v) is 8.12. The fourth-order valence-electron chi connectivity index (χ4n) is 5.82. The van der Waals surface area contributed by atoms with Crippen molar-refractivity contribution in [1.29, 1.82) is 0 Å². The molecule has 0 radical (unpaired) electrons. The number of nitrogens with zero attached hydrogens (tertiary/aromatic N) is 4. The number of fused-ring (bicyclic) bond motifs is 5. The number of hydrogen-bond acceptors (Lipinski definition) is 4. The standard InChI is InChI=1S/C39H34N4/c1-6-28-13-8-9-14-30(28)23-26(3)27(4)42-35(7-2)31-19-21-33-32-20-18-29-15-12-22-41-39(29)34(32)25-43(38(33)24-31)37-17-11-10-16-36(37)40-5/h7-24H,2,4-6,25H2,1,3H3/b26-23+,42-35?. The summed E-state index contributed by atoms with van der Waals surface area (Å²) in [5.74, 6) is 0. The van der Waals surface area contributed by atoms with E-state index in [4.69, 9.17) is 9.98 Å². The molecule has 210 valence electrons. The SMILES string of the molecule is C=CC(=NC(=C)/C(C)=C/c1ccccc1CC)c1ccc2c(c1)N(c1ccccc1N=C)Cc1c-2ccc2cccnc12. The van der Waals surface area contributed by atoms with Crippen LogP contribution >= 0.6 is 0 Å². The summed E-state index contributed by atoms with van der Waals surface area (Å²) in [6, 6.07) is 31.5. The molecule has 6 rings (SSSR count). The minimum Gasteiger partial charge on any atom is -0.335 e. The molecule has 0 atom stereocenters. The zero-order valence-electron chi connectivity index (χ0n) is 24.7. The summed E-state index contributed by atoms with van der Waals surface area (Å²) in [6.07, 6.45) is 6.80. The molecule has 0 N–H and O–H groups in total. The second kappa shape index (κ2) is 11.9. The highest BCUT2D eigenvalue weighted by atomic mass is 15.2. The Morgan fingerprint density at radius 3 is 2.53 bits per heavy atom. The quantitative estimate of drug-likeness (QED) is 0.140. The van der Waals surface area contributed by atoms with Crippen molar-refractivity contribution >= 4 is 46.5 Å². The molecule has 0 bridgehead atoms. The van der Waals surface area contributed by atoms with E-state index in [1.165, 1.54) is 22.3 Å². The van der Waals surface area contributed by atoms with Gasteiger partial charge in [0.15, 0.2) is 0 Å². The molecule has 5 aromatic rings. The Kier molecular flexibility index (Phi) is 7.67. The van der Waals surface area contributed by atoms with Crippen LogP contribution in [-0.2, 0) is 13.0 Å². The summed E-state index contributed by atoms with van der Waals surface area (Å²) < 4.78 is 0. The lowest BCUT2D eigenvalue weighted by Crippen LogP contribution is -2.22. The van der Waals surface area contributed by atoms with Crippen molar-refractivity contribution in [3.05, 3.63) is 150 Å². The summed E-state index contributed by atoms with van der Waals surface area (Å²) in [6.45, 7) is 17.2. The predicted octanol–water partition coefficient (Wildman–Crippen LogP) is 10.0. The van der Waals surface area contributed by atoms with E-state index in [0.29, 0.717) is 12.2 Å². The average Bonchev–Trinajstić information content (AvgIpc) is 3.06. The lowest BCUT2D eigenvalue weighted by Gasteiger charge is -2.34. The highest BCUT2D eigenvalue weighted by Gasteiger charge is 2.27. The van der Waals surface area contributed by atoms with E-state index in [1.54, 1.807) is 6.08 Å². The average molecular weight is 559 g/mol. The van der Waals surface area contributed by atoms with Crippen LogP contribution in [0.1, 0.15) is 36.1 Å². The maximum absolute atomic E-state index is 4.96. The molecule has 0 saturated heterocycles. The first kappa shape index (κ1) is 27.8. The number of hydrogen-bond donors (Lipinski definition) is 0. The first-order chi connectivity index (χ1) is 21.0. The van der Waals surface area contributed by atoms with E-state index in [2.05, 4.69) is 116 Å². The van der Waals surface area contributed by atoms with Crippen LogP contribution in [0.4, 0.5) is 17.1 Å². The summed E-state index contributed by atoms with van der Waals surface area (Å²) in [5.41, 5.74) is 13.4. The minimum atomic E-state index is 0.651. The topological polar surface area (TPSA) is 40.9 Å². The minimum absolute atomic E-state index is 0.651. The van der Waals surface area contributed by atoms with Gasteiger partial charge in [0.05, 0.1) is 40.5 Å². The van der Waals surface area contributed by atoms with Crippen molar-refractivity contribution in [2.75, 3.05) is 4.90 Å². The van der Waals surface area contributed by atoms with E-state index in [-0.39, 0.29) is 0 Å². The van der Waals surface area contributed by atoms with Gasteiger partial charge < -0.3 is 4.90 Å². The van der Waals surface area contributed by atoms with Crippen molar-refractivity contribution in [3.8, 4) is 11.1 Å². The summed E-state index contributed by atoms with van der Waals surface area (Å²) in [7, 11) is 0. The number of para-hydroxylation sites is 2. The largest absolute Gasteiger partial charge is 0.335 e. The highest BCUT2D eigenvalue weighted by molar-refractivity contribution is 6.11. The van der Waals surface area contributed by atoms with Crippen LogP contribution in [0.5, 0.6) is 0 Å². The molecule has 43 heavy (non-hydrogen) atoms. The number of aryl methyl sites for hydroxylation is 1. The fourth-order valence-corrected chi connectivity index (χ4v) is 5.82. The first-order valence-electron chi connectivity index (χ1n) is 14.5. The first-order valence-corrected chi connectivity index (χ1v) is 14.5. The van der Waals surface area contributed by atoms with Crippen molar-refractivity contribution < 1.29 is 0 Å². The molecule has 2 heterocycles. The van der Waals surface area contributed by atoms with Gasteiger partial charge in [0.2, 0.25) is 0 Å². The highest BCUT2D eigenvalue weighted by Crippen LogP contribution is 2.47. The number of aliphatic imine (C=N–C) groups is 2. The Morgan fingerprint density at radius 2 is 1.72 bits per heavy atom. The molecule has 4 nitrogen and oxygen atoms in total. The van der Waals surface area contributed by atoms with Crippen molar-refractivity contribution in [1.82, 2.24) is 4.98 Å². The van der Waals surface area contributed by atoms with Crippen molar-refractivity contribution in [3.63, 3.8) is 0 Å². The third kappa shape index (κ3) is 5.24. The van der Waals surface area contributed by atoms with Crippen LogP contribution in [0, 0.1) is 0 Å². The summed E-state index contributed by atoms with van der Waals surface area (Å²) in [4.78, 5) is 16.4. The zero-order valence-corrected chi connectivity index (χ0v) is 24.7. The van der Waals surface area contributed by atoms with Crippen LogP contribution in [0.3, 0.4) is 0 Å². The molecule has 0 unspecified atom stereocenters. The molecule has 1 aliphatic heterocycles. The molecule has 0 spiro atoms. The molecular weight excluding hydrogens is 524 g/mol. The maximum Gasteiger partial charge on any atom is 0.0859 e. The van der Waals surface area contributed by atoms with Crippen LogP contribution in [0.25, 0.3) is 28.1 Å². The summed E-state index contributed by atoms with van der Waals surface area (Å²) >= 11 is 0. The number of allylic oxidation sites excluding steroid dienone is 2. The molecule has 4 heteroatoms. The van der Waals surface area contributed by atoms with E-state index >= 15 is 0 Å². The van der Waals surface area contributed by atoms with Crippen LogP contribution in [0.15, 0.2) is 138 Å². The van der Waals surface area contributed by atoms with Gasteiger partial charge in [-0.15, -0.1) is 0 Å². The molecule has 0 saturated carbocycles. The normalized spacial score (nSPS) is 12.9. The van der Waals surface area contributed by atoms with E-state index in [1.807, 2.05) is 30.5 Å². The van der Waals surface area contributed by atoms with Gasteiger partial charge in [0, 0.05) is 28.3 Å². The van der Waals surface area contributed by atoms with Gasteiger partial charge in [0.1, 0.15) is 0 Å². The Hall–Kier alpha value is -5.35. The van der Waals surface area contributed by atoms with Gasteiger partial charge in [-0.1, -0.05) is 86.8 Å². The van der Waals surface area contributed by atoms with Gasteiger partial charge >= 0.3 is 0 Å². The van der Waals surface area contributed by atoms with Gasteiger partial charge in [-0.3, -0.25) is 9.98 Å². The Morgan fingerprint density at radius 1 is 0.930 bits per heavy atom. The zero-order chi connectivity index (χ0) is 29.9. The van der Waals surface area contributed by atoms with Gasteiger partial charge in [0.25, 0.3) is 0 Å². The number of pyridine rings is 1. The van der Waals surface area contributed by atoms with Gasteiger partial charge in [-0.2, -0.15) is 0 Å². The van der Waals surface area contributed by atoms with E-state index in [0.717, 1.165) is 56.8 Å². The number of aromatic nitrogens is 1. The molecule has 1 aliphatic rings. The van der Waals surface area contributed by atoms with Gasteiger partial charge in [-0.25, -0.2) is 4.99 Å². The van der Waals surface area contributed by atoms with Crippen LogP contribution in [-0.4, -0.2) is 17.4 Å². The van der Waals surface area contributed by atoms with Crippen LogP contribution in [0.2, 0.25) is 0 Å². The second-order valence-corrected chi connectivity index (χ2v) is 10.7. The molecule has 1 aromatic heterocycles. The number of rotatable bonds is 8. The molecule has 0 amide bonds. The van der Waals surface area contributed by atoms with Crippen molar-refractivity contribution in [2.45, 2.75) is 26.8 Å². The molecule has 0 fully saturated rings. The Labute approximate surface area is 253 Å². The lowest BCUT2D eigenvalue weighted by molar-refractivity contribution is 0.965. The number of anilines is 2. The third-order valence-electron chi connectivity index (χ3n) is 8.12. The Bertz CT molecular complexity index is 1960. The predicted molar refractivity (Wildman–Crippen MR) is 184 cm³/mol. The Balaban J connectivity index is 1.47. The smallest absolute Gasteiger partial charge is 0.0859 e. The van der Waals surface area contributed by atoms with Crippen LogP contribution < -0.4 is 4.90 Å². The second-order valence-electron chi connectivity index (χ2n) is 10.7. The lowest BCUT2D eigenvalue weighted by atomic mass is 9.89. The summed E-state index contributed by atoms with van der Waals surface area (Å²) in [5, 5.41) is 1.13. The number of benzene rings is 4. The van der Waals surface area contributed by atoms with Crippen molar-refractivity contribution in [2.24, 2.45) is 9.98 Å². The van der Waals surface area contributed by atoms with E-state index < -0.39 is 0 Å². The van der Waals surface area contributed by atoms with E-state index in [9.17, 15) is 0 Å². The maximum atomic E-state index is 4.96. The fraction of sp³-hybridized carbons (Fsp3) is 0.103.